The number of benzene rings is 2. The van der Waals surface area contributed by atoms with Crippen molar-refractivity contribution in [3.63, 3.8) is 0 Å². The van der Waals surface area contributed by atoms with Crippen molar-refractivity contribution in [3.05, 3.63) is 72.0 Å². The van der Waals surface area contributed by atoms with Crippen molar-refractivity contribution in [1.82, 2.24) is 9.97 Å². The topological polar surface area (TPSA) is 41.1 Å². The molecule has 26 heavy (non-hydrogen) atoms. The van der Waals surface area contributed by atoms with Crippen LogP contribution in [0.15, 0.2) is 60.7 Å². The molecule has 0 radical (unpaired) electrons. The largest absolute Gasteiger partial charge is 0.366 e. The Morgan fingerprint density at radius 1 is 0.923 bits per heavy atom. The SMILES string of the molecule is Fc1ccccc1CNc1cc(-c2ccccc2)nc(N2CCCC2)n1. The Balaban J connectivity index is 1.64. The molecule has 0 aliphatic carbocycles. The van der Waals surface area contributed by atoms with Gasteiger partial charge in [-0.1, -0.05) is 48.5 Å². The van der Waals surface area contributed by atoms with Crippen molar-refractivity contribution in [2.75, 3.05) is 23.3 Å². The number of aromatic nitrogens is 2. The molecule has 2 heterocycles. The van der Waals surface area contributed by atoms with E-state index in [0.29, 0.717) is 17.9 Å². The molecule has 0 spiro atoms. The van der Waals surface area contributed by atoms with Crippen molar-refractivity contribution in [2.45, 2.75) is 19.4 Å². The van der Waals surface area contributed by atoms with Crippen LogP contribution in [0.3, 0.4) is 0 Å². The molecule has 2 aromatic carbocycles. The number of nitrogens with zero attached hydrogens (tertiary/aromatic N) is 3. The summed E-state index contributed by atoms with van der Waals surface area (Å²) in [6, 6.07) is 18.8. The van der Waals surface area contributed by atoms with Gasteiger partial charge in [-0.15, -0.1) is 0 Å². The zero-order chi connectivity index (χ0) is 17.8. The van der Waals surface area contributed by atoms with Crippen LogP contribution in [0, 0.1) is 5.82 Å². The van der Waals surface area contributed by atoms with Gasteiger partial charge in [-0.25, -0.2) is 9.37 Å². The monoisotopic (exact) mass is 348 g/mol. The number of anilines is 2. The first-order valence-electron chi connectivity index (χ1n) is 8.96. The van der Waals surface area contributed by atoms with Gasteiger partial charge in [-0.2, -0.15) is 4.98 Å². The third-order valence-electron chi connectivity index (χ3n) is 4.59. The Labute approximate surface area is 152 Å². The van der Waals surface area contributed by atoms with Gasteiger partial charge in [0.2, 0.25) is 5.95 Å². The summed E-state index contributed by atoms with van der Waals surface area (Å²) in [4.78, 5) is 11.6. The highest BCUT2D eigenvalue weighted by Gasteiger charge is 2.17. The van der Waals surface area contributed by atoms with Gasteiger partial charge < -0.3 is 10.2 Å². The molecule has 0 amide bonds. The fourth-order valence-corrected chi connectivity index (χ4v) is 3.17. The molecule has 0 bridgehead atoms. The van der Waals surface area contributed by atoms with Crippen LogP contribution in [0.4, 0.5) is 16.2 Å². The molecular weight excluding hydrogens is 327 g/mol. The summed E-state index contributed by atoms with van der Waals surface area (Å²) in [5, 5.41) is 3.26. The van der Waals surface area contributed by atoms with Gasteiger partial charge in [0, 0.05) is 36.8 Å². The van der Waals surface area contributed by atoms with Gasteiger partial charge in [0.1, 0.15) is 11.6 Å². The van der Waals surface area contributed by atoms with Crippen LogP contribution in [0.2, 0.25) is 0 Å². The molecule has 1 aromatic heterocycles. The summed E-state index contributed by atoms with van der Waals surface area (Å²) < 4.78 is 13.9. The van der Waals surface area contributed by atoms with Gasteiger partial charge in [0.15, 0.2) is 0 Å². The summed E-state index contributed by atoms with van der Waals surface area (Å²) in [5.41, 5.74) is 2.54. The molecule has 1 saturated heterocycles. The number of nitrogens with one attached hydrogen (secondary N) is 1. The van der Waals surface area contributed by atoms with E-state index < -0.39 is 0 Å². The van der Waals surface area contributed by atoms with Crippen molar-refractivity contribution >= 4 is 11.8 Å². The molecule has 132 valence electrons. The highest BCUT2D eigenvalue weighted by Crippen LogP contribution is 2.25. The third kappa shape index (κ3) is 3.67. The molecule has 1 fully saturated rings. The number of rotatable bonds is 5. The number of hydrogen-bond acceptors (Lipinski definition) is 4. The maximum absolute atomic E-state index is 13.9. The van der Waals surface area contributed by atoms with Gasteiger partial charge in [0.05, 0.1) is 5.69 Å². The standard InChI is InChI=1S/C21H21FN4/c22-18-11-5-4-10-17(18)15-23-20-14-19(16-8-2-1-3-9-16)24-21(25-20)26-12-6-7-13-26/h1-5,8-11,14H,6-7,12-13,15H2,(H,23,24,25). The molecule has 0 unspecified atom stereocenters. The fraction of sp³-hybridized carbons (Fsp3) is 0.238. The lowest BCUT2D eigenvalue weighted by Gasteiger charge is -2.18. The van der Waals surface area contributed by atoms with Gasteiger partial charge in [-0.3, -0.25) is 0 Å². The van der Waals surface area contributed by atoms with Crippen LogP contribution in [0.1, 0.15) is 18.4 Å². The predicted octanol–water partition coefficient (Wildman–Crippen LogP) is 4.50. The molecule has 5 heteroatoms. The normalized spacial score (nSPS) is 13.8. The minimum Gasteiger partial charge on any atom is -0.366 e. The van der Waals surface area contributed by atoms with E-state index >= 15 is 0 Å². The van der Waals surface area contributed by atoms with E-state index in [2.05, 4.69) is 15.2 Å². The average molecular weight is 348 g/mol. The van der Waals surface area contributed by atoms with E-state index in [-0.39, 0.29) is 5.82 Å². The van der Waals surface area contributed by atoms with Crippen LogP contribution in [-0.2, 0) is 6.54 Å². The first kappa shape index (κ1) is 16.5. The summed E-state index contributed by atoms with van der Waals surface area (Å²) in [7, 11) is 0. The van der Waals surface area contributed by atoms with Crippen LogP contribution >= 0.6 is 0 Å². The molecule has 1 N–H and O–H groups in total. The summed E-state index contributed by atoms with van der Waals surface area (Å²) in [6.07, 6.45) is 2.33. The van der Waals surface area contributed by atoms with Gasteiger partial charge in [0.25, 0.3) is 0 Å². The second-order valence-corrected chi connectivity index (χ2v) is 6.44. The maximum Gasteiger partial charge on any atom is 0.227 e. The minimum absolute atomic E-state index is 0.211. The lowest BCUT2D eigenvalue weighted by molar-refractivity contribution is 0.613. The Kier molecular flexibility index (Phi) is 4.78. The Bertz CT molecular complexity index is 876. The van der Waals surface area contributed by atoms with E-state index in [1.807, 2.05) is 42.5 Å². The molecule has 4 rings (SSSR count). The Morgan fingerprint density at radius 2 is 1.65 bits per heavy atom. The molecule has 1 aliphatic heterocycles. The third-order valence-corrected chi connectivity index (χ3v) is 4.59. The first-order chi connectivity index (χ1) is 12.8. The molecule has 0 atom stereocenters. The van der Waals surface area contributed by atoms with Crippen molar-refractivity contribution in [2.24, 2.45) is 0 Å². The predicted molar refractivity (Wildman–Crippen MR) is 103 cm³/mol. The Hall–Kier alpha value is -2.95. The van der Waals surface area contributed by atoms with E-state index in [9.17, 15) is 4.39 Å². The molecular formula is C21H21FN4. The molecule has 4 nitrogen and oxygen atoms in total. The van der Waals surface area contributed by atoms with Crippen molar-refractivity contribution in [1.29, 1.82) is 0 Å². The second kappa shape index (κ2) is 7.52. The van der Waals surface area contributed by atoms with Crippen LogP contribution in [-0.4, -0.2) is 23.1 Å². The summed E-state index contributed by atoms with van der Waals surface area (Å²) >= 11 is 0. The zero-order valence-corrected chi connectivity index (χ0v) is 14.5. The van der Waals surface area contributed by atoms with E-state index in [1.54, 1.807) is 12.1 Å². The van der Waals surface area contributed by atoms with E-state index in [4.69, 9.17) is 4.98 Å². The van der Waals surface area contributed by atoms with E-state index in [1.165, 1.54) is 6.07 Å². The highest BCUT2D eigenvalue weighted by molar-refractivity contribution is 5.64. The van der Waals surface area contributed by atoms with Crippen molar-refractivity contribution < 1.29 is 4.39 Å². The lowest BCUT2D eigenvalue weighted by Crippen LogP contribution is -2.21. The summed E-state index contributed by atoms with van der Waals surface area (Å²) in [5.74, 6) is 1.24. The average Bonchev–Trinajstić information content (AvgIpc) is 3.23. The molecule has 3 aromatic rings. The molecule has 0 saturated carbocycles. The minimum atomic E-state index is -0.211. The van der Waals surface area contributed by atoms with Crippen LogP contribution in [0.5, 0.6) is 0 Å². The lowest BCUT2D eigenvalue weighted by atomic mass is 10.1. The van der Waals surface area contributed by atoms with Gasteiger partial charge in [-0.05, 0) is 18.9 Å². The van der Waals surface area contributed by atoms with Crippen LogP contribution < -0.4 is 10.2 Å². The molecule has 1 aliphatic rings. The fourth-order valence-electron chi connectivity index (χ4n) is 3.17. The van der Waals surface area contributed by atoms with Crippen LogP contribution in [0.25, 0.3) is 11.3 Å². The number of hydrogen-bond donors (Lipinski definition) is 1. The maximum atomic E-state index is 13.9. The Morgan fingerprint density at radius 3 is 2.42 bits per heavy atom. The second-order valence-electron chi connectivity index (χ2n) is 6.44. The quantitative estimate of drug-likeness (QED) is 0.737. The zero-order valence-electron chi connectivity index (χ0n) is 14.5. The van der Waals surface area contributed by atoms with Crippen molar-refractivity contribution in [3.8, 4) is 11.3 Å². The number of halogens is 1. The highest BCUT2D eigenvalue weighted by atomic mass is 19.1. The summed E-state index contributed by atoms with van der Waals surface area (Å²) in [6.45, 7) is 2.34. The first-order valence-corrected chi connectivity index (χ1v) is 8.96. The smallest absolute Gasteiger partial charge is 0.227 e. The van der Waals surface area contributed by atoms with Gasteiger partial charge >= 0.3 is 0 Å². The van der Waals surface area contributed by atoms with E-state index in [0.717, 1.165) is 43.1 Å².